The molecule has 23 heavy (non-hydrogen) atoms. The van der Waals surface area contributed by atoms with E-state index in [1.54, 1.807) is 18.6 Å². The predicted molar refractivity (Wildman–Crippen MR) is 88.9 cm³/mol. The van der Waals surface area contributed by atoms with Gasteiger partial charge in [0.05, 0.1) is 11.4 Å². The number of hydrogen-bond donors (Lipinski definition) is 1. The maximum absolute atomic E-state index is 11.8. The lowest BCUT2D eigenvalue weighted by atomic mass is 10.1. The molecule has 0 radical (unpaired) electrons. The molecule has 114 valence electrons. The van der Waals surface area contributed by atoms with Crippen LogP contribution >= 0.6 is 0 Å². The summed E-state index contributed by atoms with van der Waals surface area (Å²) in [5.41, 5.74) is 2.79. The number of pyridine rings is 1. The van der Waals surface area contributed by atoms with E-state index in [4.69, 9.17) is 0 Å². The van der Waals surface area contributed by atoms with Gasteiger partial charge in [0.15, 0.2) is 0 Å². The standard InChI is InChI=1S/C18H16N4O/c1-11-17(20-7-6-19-11)14-5-4-13-9-16(21-10-15(13)8-14)22-18(23)12-2-3-12/h4-10,12H,2-3H2,1H3,(H,21,22,23). The van der Waals surface area contributed by atoms with Crippen LogP contribution in [0.4, 0.5) is 5.82 Å². The monoisotopic (exact) mass is 304 g/mol. The second-order valence-corrected chi connectivity index (χ2v) is 5.89. The molecule has 5 heteroatoms. The first-order valence-corrected chi connectivity index (χ1v) is 7.69. The van der Waals surface area contributed by atoms with Gasteiger partial charge in [-0.2, -0.15) is 0 Å². The molecule has 1 aliphatic rings. The van der Waals surface area contributed by atoms with Gasteiger partial charge in [-0.3, -0.25) is 14.8 Å². The molecule has 1 aromatic carbocycles. The van der Waals surface area contributed by atoms with Gasteiger partial charge in [0, 0.05) is 35.5 Å². The van der Waals surface area contributed by atoms with E-state index in [1.807, 2.05) is 31.2 Å². The molecule has 0 bridgehead atoms. The number of aryl methyl sites for hydroxylation is 1. The molecule has 1 fully saturated rings. The molecule has 1 aliphatic carbocycles. The van der Waals surface area contributed by atoms with Crippen LogP contribution in [0.1, 0.15) is 18.5 Å². The van der Waals surface area contributed by atoms with Crippen molar-refractivity contribution < 1.29 is 4.79 Å². The van der Waals surface area contributed by atoms with Gasteiger partial charge in [0.2, 0.25) is 5.91 Å². The highest BCUT2D eigenvalue weighted by molar-refractivity contribution is 5.95. The van der Waals surface area contributed by atoms with Crippen molar-refractivity contribution >= 4 is 22.5 Å². The zero-order chi connectivity index (χ0) is 15.8. The SMILES string of the molecule is Cc1nccnc1-c1ccc2cc(NC(=O)C3CC3)ncc2c1. The molecule has 0 saturated heterocycles. The van der Waals surface area contributed by atoms with Gasteiger partial charge in [-0.05, 0) is 37.3 Å². The van der Waals surface area contributed by atoms with Crippen LogP contribution in [0.5, 0.6) is 0 Å². The zero-order valence-electron chi connectivity index (χ0n) is 12.8. The van der Waals surface area contributed by atoms with Crippen molar-refractivity contribution in [3.63, 3.8) is 0 Å². The Hall–Kier alpha value is -2.82. The first-order chi connectivity index (χ1) is 11.2. The van der Waals surface area contributed by atoms with Crippen molar-refractivity contribution in [2.75, 3.05) is 5.32 Å². The molecular weight excluding hydrogens is 288 g/mol. The van der Waals surface area contributed by atoms with E-state index in [2.05, 4.69) is 20.3 Å². The topological polar surface area (TPSA) is 67.8 Å². The van der Waals surface area contributed by atoms with E-state index >= 15 is 0 Å². The molecule has 0 spiro atoms. The maximum Gasteiger partial charge on any atom is 0.228 e. The average Bonchev–Trinajstić information content (AvgIpc) is 3.40. The maximum atomic E-state index is 11.8. The van der Waals surface area contributed by atoms with Crippen molar-refractivity contribution in [1.82, 2.24) is 15.0 Å². The predicted octanol–water partition coefficient (Wildman–Crippen LogP) is 3.35. The Morgan fingerprint density at radius 1 is 1.09 bits per heavy atom. The first-order valence-electron chi connectivity index (χ1n) is 7.69. The zero-order valence-corrected chi connectivity index (χ0v) is 12.8. The van der Waals surface area contributed by atoms with Gasteiger partial charge in [0.1, 0.15) is 5.82 Å². The molecule has 3 aromatic rings. The lowest BCUT2D eigenvalue weighted by Gasteiger charge is -2.07. The van der Waals surface area contributed by atoms with Crippen LogP contribution in [0.25, 0.3) is 22.0 Å². The van der Waals surface area contributed by atoms with E-state index in [9.17, 15) is 4.79 Å². The third-order valence-electron chi connectivity index (χ3n) is 4.08. The number of rotatable bonds is 3. The van der Waals surface area contributed by atoms with Gasteiger partial charge in [-0.25, -0.2) is 4.98 Å². The normalized spacial score (nSPS) is 14.0. The fraction of sp³-hybridized carbons (Fsp3) is 0.222. The molecule has 5 nitrogen and oxygen atoms in total. The minimum absolute atomic E-state index is 0.0728. The molecular formula is C18H16N4O. The Morgan fingerprint density at radius 3 is 2.70 bits per heavy atom. The highest BCUT2D eigenvalue weighted by Gasteiger charge is 2.29. The molecule has 0 aliphatic heterocycles. The Bertz CT molecular complexity index is 902. The molecule has 1 saturated carbocycles. The van der Waals surface area contributed by atoms with Crippen molar-refractivity contribution in [2.45, 2.75) is 19.8 Å². The summed E-state index contributed by atoms with van der Waals surface area (Å²) >= 11 is 0. The van der Waals surface area contributed by atoms with Gasteiger partial charge < -0.3 is 5.32 Å². The quantitative estimate of drug-likeness (QED) is 0.805. The average molecular weight is 304 g/mol. The molecule has 2 aromatic heterocycles. The van der Waals surface area contributed by atoms with Crippen LogP contribution in [-0.4, -0.2) is 20.9 Å². The van der Waals surface area contributed by atoms with Crippen molar-refractivity contribution in [2.24, 2.45) is 5.92 Å². The van der Waals surface area contributed by atoms with Crippen molar-refractivity contribution in [3.05, 3.63) is 48.5 Å². The fourth-order valence-electron chi connectivity index (χ4n) is 2.62. The van der Waals surface area contributed by atoms with Crippen LogP contribution in [-0.2, 0) is 4.79 Å². The second kappa shape index (κ2) is 5.43. The molecule has 2 heterocycles. The fourth-order valence-corrected chi connectivity index (χ4v) is 2.62. The van der Waals surface area contributed by atoms with Gasteiger partial charge in [0.25, 0.3) is 0 Å². The summed E-state index contributed by atoms with van der Waals surface area (Å²) in [5, 5.41) is 4.93. The summed E-state index contributed by atoms with van der Waals surface area (Å²) in [6, 6.07) is 7.99. The summed E-state index contributed by atoms with van der Waals surface area (Å²) in [7, 11) is 0. The number of hydrogen-bond acceptors (Lipinski definition) is 4. The largest absolute Gasteiger partial charge is 0.310 e. The van der Waals surface area contributed by atoms with Crippen LogP contribution < -0.4 is 5.32 Å². The lowest BCUT2D eigenvalue weighted by molar-refractivity contribution is -0.117. The van der Waals surface area contributed by atoms with Crippen LogP contribution in [0.3, 0.4) is 0 Å². The lowest BCUT2D eigenvalue weighted by Crippen LogP contribution is -2.14. The number of nitrogens with zero attached hydrogens (tertiary/aromatic N) is 3. The Kier molecular flexibility index (Phi) is 3.26. The van der Waals surface area contributed by atoms with Crippen molar-refractivity contribution in [1.29, 1.82) is 0 Å². The van der Waals surface area contributed by atoms with E-state index in [0.717, 1.165) is 40.6 Å². The minimum atomic E-state index is 0.0728. The second-order valence-electron chi connectivity index (χ2n) is 5.89. The summed E-state index contributed by atoms with van der Waals surface area (Å²) in [6.07, 6.45) is 7.14. The van der Waals surface area contributed by atoms with Crippen LogP contribution in [0.15, 0.2) is 42.9 Å². The number of nitrogens with one attached hydrogen (secondary N) is 1. The molecule has 4 rings (SSSR count). The highest BCUT2D eigenvalue weighted by Crippen LogP contribution is 2.30. The van der Waals surface area contributed by atoms with E-state index in [0.29, 0.717) is 5.82 Å². The number of amides is 1. The van der Waals surface area contributed by atoms with E-state index in [1.165, 1.54) is 0 Å². The summed E-state index contributed by atoms with van der Waals surface area (Å²) in [6.45, 7) is 1.95. The summed E-state index contributed by atoms with van der Waals surface area (Å²) in [5.74, 6) is 0.857. The molecule has 1 N–H and O–H groups in total. The molecule has 0 atom stereocenters. The summed E-state index contributed by atoms with van der Waals surface area (Å²) < 4.78 is 0. The van der Waals surface area contributed by atoms with E-state index in [-0.39, 0.29) is 11.8 Å². The van der Waals surface area contributed by atoms with Crippen LogP contribution in [0, 0.1) is 12.8 Å². The smallest absolute Gasteiger partial charge is 0.228 e. The van der Waals surface area contributed by atoms with E-state index < -0.39 is 0 Å². The highest BCUT2D eigenvalue weighted by atomic mass is 16.2. The van der Waals surface area contributed by atoms with Crippen LogP contribution in [0.2, 0.25) is 0 Å². The number of aromatic nitrogens is 3. The molecule has 1 amide bonds. The first kappa shape index (κ1) is 13.8. The summed E-state index contributed by atoms with van der Waals surface area (Å²) in [4.78, 5) is 24.8. The van der Waals surface area contributed by atoms with Gasteiger partial charge in [-0.1, -0.05) is 12.1 Å². The number of fused-ring (bicyclic) bond motifs is 1. The number of carbonyl (C=O) groups excluding carboxylic acids is 1. The number of anilines is 1. The molecule has 0 unspecified atom stereocenters. The third-order valence-corrected chi connectivity index (χ3v) is 4.08. The Morgan fingerprint density at radius 2 is 1.91 bits per heavy atom. The van der Waals surface area contributed by atoms with Gasteiger partial charge >= 0.3 is 0 Å². The van der Waals surface area contributed by atoms with Crippen molar-refractivity contribution in [3.8, 4) is 11.3 Å². The van der Waals surface area contributed by atoms with Gasteiger partial charge in [-0.15, -0.1) is 0 Å². The Balaban J connectivity index is 1.67. The third kappa shape index (κ3) is 2.77. The Labute approximate surface area is 133 Å². The minimum Gasteiger partial charge on any atom is -0.310 e. The number of benzene rings is 1. The number of carbonyl (C=O) groups is 1.